The molecule has 5 nitrogen and oxygen atoms in total. The summed E-state index contributed by atoms with van der Waals surface area (Å²) in [5.74, 6) is 0.575. The molecule has 2 aliphatic rings. The average molecular weight is 350 g/mol. The number of hydrogen-bond donors (Lipinski definition) is 1. The molecular formula is C16H16ClN3O2S. The SMILES string of the molecule is CN1CCc2nc(NC(=O)[C@@H]3Cc4cc(Cl)ccc4O3)sc2C1. The lowest BCUT2D eigenvalue weighted by atomic mass is 10.1. The summed E-state index contributed by atoms with van der Waals surface area (Å²) < 4.78 is 5.71. The molecular weight excluding hydrogens is 334 g/mol. The van der Waals surface area contributed by atoms with Gasteiger partial charge in [-0.3, -0.25) is 10.1 Å². The van der Waals surface area contributed by atoms with Gasteiger partial charge in [-0.1, -0.05) is 11.6 Å². The van der Waals surface area contributed by atoms with Crippen LogP contribution in [0.25, 0.3) is 0 Å². The minimum Gasteiger partial charge on any atom is -0.480 e. The van der Waals surface area contributed by atoms with Crippen LogP contribution < -0.4 is 10.1 Å². The Morgan fingerprint density at radius 3 is 3.26 bits per heavy atom. The largest absolute Gasteiger partial charge is 0.480 e. The fourth-order valence-corrected chi connectivity index (χ4v) is 4.21. The first-order chi connectivity index (χ1) is 11.1. The lowest BCUT2D eigenvalue weighted by Gasteiger charge is -2.20. The first-order valence-electron chi connectivity index (χ1n) is 7.51. The Morgan fingerprint density at radius 1 is 1.52 bits per heavy atom. The Kier molecular flexibility index (Phi) is 3.75. The summed E-state index contributed by atoms with van der Waals surface area (Å²) in [5.41, 5.74) is 2.07. The highest BCUT2D eigenvalue weighted by atomic mass is 35.5. The van der Waals surface area contributed by atoms with E-state index in [1.165, 1.54) is 4.88 Å². The number of anilines is 1. The van der Waals surface area contributed by atoms with E-state index in [1.807, 2.05) is 12.1 Å². The Hall–Kier alpha value is -1.63. The van der Waals surface area contributed by atoms with Gasteiger partial charge < -0.3 is 9.64 Å². The molecule has 1 amide bonds. The molecule has 0 saturated heterocycles. The number of nitrogens with one attached hydrogen (secondary N) is 1. The number of hydrogen-bond acceptors (Lipinski definition) is 5. The second kappa shape index (κ2) is 5.78. The van der Waals surface area contributed by atoms with Crippen LogP contribution in [0.2, 0.25) is 5.02 Å². The molecule has 2 aromatic rings. The summed E-state index contributed by atoms with van der Waals surface area (Å²) in [7, 11) is 2.09. The maximum atomic E-state index is 12.4. The van der Waals surface area contributed by atoms with Crippen molar-refractivity contribution in [2.45, 2.75) is 25.5 Å². The molecule has 0 radical (unpaired) electrons. The van der Waals surface area contributed by atoms with Crippen molar-refractivity contribution < 1.29 is 9.53 Å². The maximum absolute atomic E-state index is 12.4. The van der Waals surface area contributed by atoms with E-state index < -0.39 is 6.10 Å². The summed E-state index contributed by atoms with van der Waals surface area (Å²) in [6.45, 7) is 1.90. The van der Waals surface area contributed by atoms with Crippen molar-refractivity contribution in [1.82, 2.24) is 9.88 Å². The number of thiazole rings is 1. The van der Waals surface area contributed by atoms with Gasteiger partial charge in [-0.2, -0.15) is 0 Å². The third-order valence-electron chi connectivity index (χ3n) is 4.14. The molecule has 1 N–H and O–H groups in total. The van der Waals surface area contributed by atoms with E-state index in [2.05, 4.69) is 22.2 Å². The van der Waals surface area contributed by atoms with Gasteiger partial charge in [0.1, 0.15) is 5.75 Å². The lowest BCUT2D eigenvalue weighted by Crippen LogP contribution is -2.31. The second-order valence-corrected chi connectivity index (χ2v) is 7.45. The van der Waals surface area contributed by atoms with Gasteiger partial charge in [-0.15, -0.1) is 11.3 Å². The van der Waals surface area contributed by atoms with Gasteiger partial charge in [-0.25, -0.2) is 4.98 Å². The number of benzene rings is 1. The van der Waals surface area contributed by atoms with Gasteiger partial charge in [0.05, 0.1) is 5.69 Å². The van der Waals surface area contributed by atoms with E-state index in [9.17, 15) is 4.79 Å². The van der Waals surface area contributed by atoms with Crippen LogP contribution in [0.15, 0.2) is 18.2 Å². The number of ether oxygens (including phenoxy) is 1. The number of fused-ring (bicyclic) bond motifs is 2. The number of amides is 1. The molecule has 0 bridgehead atoms. The number of carbonyl (C=O) groups excluding carboxylic acids is 1. The average Bonchev–Trinajstić information content (AvgIpc) is 3.09. The molecule has 120 valence electrons. The van der Waals surface area contributed by atoms with Crippen LogP contribution >= 0.6 is 22.9 Å². The molecule has 1 atom stereocenters. The van der Waals surface area contributed by atoms with Crippen LogP contribution in [0, 0.1) is 0 Å². The molecule has 0 spiro atoms. The second-order valence-electron chi connectivity index (χ2n) is 5.93. The highest BCUT2D eigenvalue weighted by Crippen LogP contribution is 2.32. The Morgan fingerprint density at radius 2 is 2.39 bits per heavy atom. The van der Waals surface area contributed by atoms with Crippen molar-refractivity contribution in [3.05, 3.63) is 39.4 Å². The molecule has 0 unspecified atom stereocenters. The fourth-order valence-electron chi connectivity index (χ4n) is 2.93. The lowest BCUT2D eigenvalue weighted by molar-refractivity contribution is -0.122. The maximum Gasteiger partial charge on any atom is 0.267 e. The third kappa shape index (κ3) is 2.94. The molecule has 0 aliphatic carbocycles. The quantitative estimate of drug-likeness (QED) is 0.905. The van der Waals surface area contributed by atoms with Crippen LogP contribution in [0.4, 0.5) is 5.13 Å². The van der Waals surface area contributed by atoms with E-state index in [0.717, 1.165) is 36.5 Å². The molecule has 1 aromatic carbocycles. The molecule has 0 saturated carbocycles. The monoisotopic (exact) mass is 349 g/mol. The minimum absolute atomic E-state index is 0.156. The van der Waals surface area contributed by atoms with E-state index in [4.69, 9.17) is 16.3 Å². The van der Waals surface area contributed by atoms with Crippen LogP contribution in [-0.4, -0.2) is 35.5 Å². The van der Waals surface area contributed by atoms with Gasteiger partial charge in [-0.05, 0) is 30.8 Å². The van der Waals surface area contributed by atoms with Crippen molar-refractivity contribution in [2.75, 3.05) is 18.9 Å². The molecule has 0 fully saturated rings. The van der Waals surface area contributed by atoms with Crippen LogP contribution in [-0.2, 0) is 24.2 Å². The summed E-state index contributed by atoms with van der Waals surface area (Å²) >= 11 is 7.53. The zero-order valence-corrected chi connectivity index (χ0v) is 14.2. The normalized spacial score (nSPS) is 19.8. The number of aromatic nitrogens is 1. The minimum atomic E-state index is -0.521. The van der Waals surface area contributed by atoms with E-state index >= 15 is 0 Å². The van der Waals surface area contributed by atoms with Crippen molar-refractivity contribution in [2.24, 2.45) is 0 Å². The van der Waals surface area contributed by atoms with Crippen LogP contribution in [0.3, 0.4) is 0 Å². The molecule has 2 aliphatic heterocycles. The van der Waals surface area contributed by atoms with Gasteiger partial charge in [0.15, 0.2) is 11.2 Å². The first kappa shape index (κ1) is 14.9. The number of carbonyl (C=O) groups is 1. The van der Waals surface area contributed by atoms with Gasteiger partial charge in [0, 0.05) is 35.8 Å². The van der Waals surface area contributed by atoms with Crippen molar-refractivity contribution in [3.8, 4) is 5.75 Å². The number of rotatable bonds is 2. The fraction of sp³-hybridized carbons (Fsp3) is 0.375. The summed E-state index contributed by atoms with van der Waals surface area (Å²) in [5, 5.41) is 4.21. The van der Waals surface area contributed by atoms with E-state index in [-0.39, 0.29) is 5.91 Å². The summed E-state index contributed by atoms with van der Waals surface area (Å²) in [6.07, 6.45) is 0.949. The summed E-state index contributed by atoms with van der Waals surface area (Å²) in [4.78, 5) is 20.5. The number of nitrogens with zero attached hydrogens (tertiary/aromatic N) is 2. The highest BCUT2D eigenvalue weighted by molar-refractivity contribution is 7.15. The van der Waals surface area contributed by atoms with Crippen LogP contribution in [0.1, 0.15) is 16.1 Å². The van der Waals surface area contributed by atoms with Crippen LogP contribution in [0.5, 0.6) is 5.75 Å². The topological polar surface area (TPSA) is 54.5 Å². The van der Waals surface area contributed by atoms with Gasteiger partial charge in [0.25, 0.3) is 5.91 Å². The predicted octanol–water partition coefficient (Wildman–Crippen LogP) is 2.73. The number of likely N-dealkylation sites (N-methyl/N-ethyl adjacent to an activating group) is 1. The predicted molar refractivity (Wildman–Crippen MR) is 90.4 cm³/mol. The number of halogens is 1. The zero-order chi connectivity index (χ0) is 16.0. The van der Waals surface area contributed by atoms with E-state index in [1.54, 1.807) is 17.4 Å². The van der Waals surface area contributed by atoms with E-state index in [0.29, 0.717) is 16.6 Å². The van der Waals surface area contributed by atoms with Crippen molar-refractivity contribution in [1.29, 1.82) is 0 Å². The third-order valence-corrected chi connectivity index (χ3v) is 5.37. The first-order valence-corrected chi connectivity index (χ1v) is 8.71. The van der Waals surface area contributed by atoms with Gasteiger partial charge in [0.2, 0.25) is 0 Å². The molecule has 7 heteroatoms. The molecule has 4 rings (SSSR count). The van der Waals surface area contributed by atoms with Crippen molar-refractivity contribution in [3.63, 3.8) is 0 Å². The van der Waals surface area contributed by atoms with Gasteiger partial charge >= 0.3 is 0 Å². The highest BCUT2D eigenvalue weighted by Gasteiger charge is 2.30. The molecule has 1 aromatic heterocycles. The Balaban J connectivity index is 1.45. The standard InChI is InChI=1S/C16H16ClN3O2S/c1-20-5-4-11-14(8-20)23-16(18-11)19-15(21)13-7-9-6-10(17)2-3-12(9)22-13/h2-3,6,13H,4-5,7-8H2,1H3,(H,18,19,21)/t13-/m0/s1. The Labute approximate surface area is 143 Å². The smallest absolute Gasteiger partial charge is 0.267 e. The Bertz CT molecular complexity index is 777. The zero-order valence-electron chi connectivity index (χ0n) is 12.6. The van der Waals surface area contributed by atoms with Crippen molar-refractivity contribution >= 4 is 34.0 Å². The summed E-state index contributed by atoms with van der Waals surface area (Å²) in [6, 6.07) is 5.43. The molecule has 23 heavy (non-hydrogen) atoms. The molecule has 3 heterocycles.